The van der Waals surface area contributed by atoms with Crippen molar-refractivity contribution in [3.8, 4) is 0 Å². The van der Waals surface area contributed by atoms with Gasteiger partial charge in [0.25, 0.3) is 0 Å². The van der Waals surface area contributed by atoms with Crippen molar-refractivity contribution in [2.45, 2.75) is 38.8 Å². The zero-order valence-electron chi connectivity index (χ0n) is 9.67. The van der Waals surface area contributed by atoms with Crippen LogP contribution in [-0.2, 0) is 9.53 Å². The fourth-order valence-corrected chi connectivity index (χ4v) is 1.04. The maximum Gasteiger partial charge on any atom is 0.307 e. The van der Waals surface area contributed by atoms with Crippen LogP contribution in [0.4, 0.5) is 0 Å². The van der Waals surface area contributed by atoms with E-state index in [1.807, 2.05) is 14.1 Å². The van der Waals surface area contributed by atoms with Crippen LogP contribution in [-0.4, -0.2) is 37.2 Å². The summed E-state index contributed by atoms with van der Waals surface area (Å²) in [7, 11) is 4.03. The number of hydrogen-bond donors (Lipinski definition) is 1. The Bertz CT molecular complexity index is 173. The second-order valence-electron chi connectivity index (χ2n) is 4.34. The molecule has 0 unspecified atom stereocenters. The van der Waals surface area contributed by atoms with Crippen LogP contribution in [0.15, 0.2) is 0 Å². The predicted octanol–water partition coefficient (Wildman–Crippen LogP) is 0.956. The van der Waals surface area contributed by atoms with Gasteiger partial charge in [0, 0.05) is 6.42 Å². The Balaban J connectivity index is 3.46. The Morgan fingerprint density at radius 1 is 1.36 bits per heavy atom. The molecule has 0 aromatic carbocycles. The number of nitrogens with two attached hydrogens (primary N) is 1. The molecule has 0 spiro atoms. The van der Waals surface area contributed by atoms with Gasteiger partial charge in [-0.1, -0.05) is 0 Å². The van der Waals surface area contributed by atoms with Crippen LogP contribution in [0.1, 0.15) is 33.1 Å². The molecular weight excluding hydrogens is 180 g/mol. The molecule has 0 heterocycles. The topological polar surface area (TPSA) is 55.6 Å². The highest BCUT2D eigenvalue weighted by atomic mass is 16.6. The molecule has 0 aromatic heterocycles. The van der Waals surface area contributed by atoms with E-state index < -0.39 is 5.72 Å². The van der Waals surface area contributed by atoms with Crippen LogP contribution < -0.4 is 5.73 Å². The predicted molar refractivity (Wildman–Crippen MR) is 56.8 cm³/mol. The number of hydrogen-bond acceptors (Lipinski definition) is 4. The molecule has 0 amide bonds. The highest BCUT2D eigenvalue weighted by molar-refractivity contribution is 5.69. The summed E-state index contributed by atoms with van der Waals surface area (Å²) >= 11 is 0. The van der Waals surface area contributed by atoms with Crippen LogP contribution in [0.25, 0.3) is 0 Å². The van der Waals surface area contributed by atoms with Gasteiger partial charge in [-0.3, -0.25) is 10.5 Å². The Morgan fingerprint density at radius 3 is 2.36 bits per heavy atom. The number of esters is 1. The molecular formula is C10H22N2O2. The van der Waals surface area contributed by atoms with E-state index in [2.05, 4.69) is 4.90 Å². The van der Waals surface area contributed by atoms with E-state index in [0.717, 1.165) is 19.4 Å². The number of nitrogens with zero attached hydrogens (tertiary/aromatic N) is 1. The number of rotatable bonds is 6. The zero-order chi connectivity index (χ0) is 11.2. The molecule has 0 saturated heterocycles. The summed E-state index contributed by atoms with van der Waals surface area (Å²) in [6.07, 6.45) is 2.31. The third-order valence-electron chi connectivity index (χ3n) is 1.61. The molecule has 0 bridgehead atoms. The quantitative estimate of drug-likeness (QED) is 0.396. The van der Waals surface area contributed by atoms with Crippen molar-refractivity contribution in [2.24, 2.45) is 5.73 Å². The van der Waals surface area contributed by atoms with Gasteiger partial charge in [0.05, 0.1) is 0 Å². The first-order valence-electron chi connectivity index (χ1n) is 4.97. The minimum atomic E-state index is -0.849. The lowest BCUT2D eigenvalue weighted by molar-refractivity contribution is -0.156. The highest BCUT2D eigenvalue weighted by Gasteiger charge is 2.15. The van der Waals surface area contributed by atoms with E-state index in [1.165, 1.54) is 0 Å². The first-order valence-corrected chi connectivity index (χ1v) is 4.97. The van der Waals surface area contributed by atoms with Gasteiger partial charge in [-0.2, -0.15) is 0 Å². The summed E-state index contributed by atoms with van der Waals surface area (Å²) in [4.78, 5) is 13.3. The zero-order valence-corrected chi connectivity index (χ0v) is 9.67. The highest BCUT2D eigenvalue weighted by Crippen LogP contribution is 2.04. The van der Waals surface area contributed by atoms with E-state index in [0.29, 0.717) is 6.42 Å². The Labute approximate surface area is 86.4 Å². The third kappa shape index (κ3) is 9.48. The lowest BCUT2D eigenvalue weighted by Crippen LogP contribution is -2.37. The third-order valence-corrected chi connectivity index (χ3v) is 1.61. The van der Waals surface area contributed by atoms with E-state index in [1.54, 1.807) is 13.8 Å². The minimum Gasteiger partial charge on any atom is -0.445 e. The van der Waals surface area contributed by atoms with E-state index in [9.17, 15) is 4.79 Å². The summed E-state index contributed by atoms with van der Waals surface area (Å²) in [5.41, 5.74) is 4.69. The van der Waals surface area contributed by atoms with E-state index in [4.69, 9.17) is 10.5 Å². The molecule has 0 fully saturated rings. The first kappa shape index (κ1) is 13.4. The molecule has 2 N–H and O–H groups in total. The van der Waals surface area contributed by atoms with Crippen molar-refractivity contribution in [2.75, 3.05) is 20.6 Å². The number of ether oxygens (including phenoxy) is 1. The normalized spacial score (nSPS) is 11.9. The number of carbonyl (C=O) groups is 1. The first-order chi connectivity index (χ1) is 6.31. The van der Waals surface area contributed by atoms with Crippen LogP contribution in [0.3, 0.4) is 0 Å². The summed E-state index contributed by atoms with van der Waals surface area (Å²) in [5, 5.41) is 0. The molecule has 14 heavy (non-hydrogen) atoms. The Hall–Kier alpha value is -0.610. The van der Waals surface area contributed by atoms with Gasteiger partial charge < -0.3 is 9.64 Å². The molecule has 84 valence electrons. The van der Waals surface area contributed by atoms with Crippen molar-refractivity contribution in [1.82, 2.24) is 4.90 Å². The maximum absolute atomic E-state index is 11.2. The molecule has 0 aliphatic rings. The van der Waals surface area contributed by atoms with Gasteiger partial charge in [0.1, 0.15) is 0 Å². The lowest BCUT2D eigenvalue weighted by Gasteiger charge is -2.19. The molecule has 0 saturated carbocycles. The van der Waals surface area contributed by atoms with Crippen LogP contribution in [0.5, 0.6) is 0 Å². The average molecular weight is 202 g/mol. The van der Waals surface area contributed by atoms with Crippen molar-refractivity contribution >= 4 is 5.97 Å². The molecule has 0 aromatic rings. The van der Waals surface area contributed by atoms with Crippen molar-refractivity contribution in [3.05, 3.63) is 0 Å². The molecule has 0 aliphatic carbocycles. The molecule has 4 heteroatoms. The molecule has 0 aliphatic heterocycles. The number of carbonyl (C=O) groups excluding carboxylic acids is 1. The van der Waals surface area contributed by atoms with Crippen molar-refractivity contribution in [1.29, 1.82) is 0 Å². The van der Waals surface area contributed by atoms with Gasteiger partial charge in [-0.05, 0) is 47.3 Å². The van der Waals surface area contributed by atoms with Crippen LogP contribution in [0, 0.1) is 0 Å². The van der Waals surface area contributed by atoms with Gasteiger partial charge in [-0.15, -0.1) is 0 Å². The SMILES string of the molecule is CN(C)CCCCC(=O)OC(C)(C)N. The molecule has 4 nitrogen and oxygen atoms in total. The fourth-order valence-electron chi connectivity index (χ4n) is 1.04. The molecule has 0 radical (unpaired) electrons. The standard InChI is InChI=1S/C10H22N2O2/c1-10(2,11)14-9(13)7-5-6-8-12(3)4/h5-8,11H2,1-4H3. The molecule has 0 rings (SSSR count). The summed E-state index contributed by atoms with van der Waals surface area (Å²) < 4.78 is 4.97. The fraction of sp³-hybridized carbons (Fsp3) is 0.900. The van der Waals surface area contributed by atoms with Crippen molar-refractivity contribution in [3.63, 3.8) is 0 Å². The summed E-state index contributed by atoms with van der Waals surface area (Å²) in [6, 6.07) is 0. The van der Waals surface area contributed by atoms with Gasteiger partial charge in [0.2, 0.25) is 0 Å². The smallest absolute Gasteiger partial charge is 0.307 e. The maximum atomic E-state index is 11.2. The second-order valence-corrected chi connectivity index (χ2v) is 4.34. The monoisotopic (exact) mass is 202 g/mol. The van der Waals surface area contributed by atoms with Gasteiger partial charge in [-0.25, -0.2) is 0 Å². The average Bonchev–Trinajstić information content (AvgIpc) is 1.94. The second kappa shape index (κ2) is 5.98. The van der Waals surface area contributed by atoms with Crippen molar-refractivity contribution < 1.29 is 9.53 Å². The van der Waals surface area contributed by atoms with Crippen LogP contribution in [0.2, 0.25) is 0 Å². The largest absolute Gasteiger partial charge is 0.445 e. The Kier molecular flexibility index (Phi) is 5.72. The van der Waals surface area contributed by atoms with Crippen LogP contribution >= 0.6 is 0 Å². The molecule has 0 atom stereocenters. The lowest BCUT2D eigenvalue weighted by atomic mass is 10.2. The summed E-state index contributed by atoms with van der Waals surface area (Å²) in [6.45, 7) is 4.34. The van der Waals surface area contributed by atoms with E-state index >= 15 is 0 Å². The van der Waals surface area contributed by atoms with Gasteiger partial charge >= 0.3 is 5.97 Å². The number of unbranched alkanes of at least 4 members (excludes halogenated alkanes) is 1. The Morgan fingerprint density at radius 2 is 1.93 bits per heavy atom. The van der Waals surface area contributed by atoms with E-state index in [-0.39, 0.29) is 5.97 Å². The van der Waals surface area contributed by atoms with Gasteiger partial charge in [0.15, 0.2) is 5.72 Å². The minimum absolute atomic E-state index is 0.212. The summed E-state index contributed by atoms with van der Waals surface area (Å²) in [5.74, 6) is -0.212.